The number of nitrogens with one attached hydrogen (secondary N) is 2. The van der Waals surface area contributed by atoms with E-state index in [9.17, 15) is 24.3 Å². The summed E-state index contributed by atoms with van der Waals surface area (Å²) in [4.78, 5) is 51.8. The molecule has 0 spiro atoms. The van der Waals surface area contributed by atoms with Crippen LogP contribution in [0.25, 0.3) is 6.08 Å². The molecule has 2 aromatic rings. The second-order valence-electron chi connectivity index (χ2n) is 14.6. The molecule has 280 valence electrons. The number of carboxylic acid groups (broad SMARTS) is 1. The Kier molecular flexibility index (Phi) is 16.4. The molecule has 5 atom stereocenters. The highest BCUT2D eigenvalue weighted by molar-refractivity contribution is 6.32. The van der Waals surface area contributed by atoms with Crippen LogP contribution in [0.2, 0.25) is 5.02 Å². The van der Waals surface area contributed by atoms with Gasteiger partial charge in [-0.2, -0.15) is 0 Å². The largest absolute Gasteiger partial charge is 0.495 e. The monoisotopic (exact) mass is 727 g/mol. The number of carbonyl (C=O) groups excluding carboxylic acids is 3. The summed E-state index contributed by atoms with van der Waals surface area (Å²) >= 11 is 6.22. The van der Waals surface area contributed by atoms with Gasteiger partial charge in [0.1, 0.15) is 17.9 Å². The summed E-state index contributed by atoms with van der Waals surface area (Å²) in [5.74, 6) is -2.54. The predicted molar refractivity (Wildman–Crippen MR) is 199 cm³/mol. The van der Waals surface area contributed by atoms with Crippen molar-refractivity contribution in [1.82, 2.24) is 10.6 Å². The number of aliphatic hydroxyl groups is 1. The number of esters is 1. The summed E-state index contributed by atoms with van der Waals surface area (Å²) in [6, 6.07) is 9.85. The molecule has 0 saturated carbocycles. The molecule has 12 heteroatoms. The van der Waals surface area contributed by atoms with Gasteiger partial charge in [0.2, 0.25) is 11.8 Å². The number of halogens is 1. The molecule has 0 aliphatic rings. The summed E-state index contributed by atoms with van der Waals surface area (Å²) in [6.07, 6.45) is 5.99. The Morgan fingerprint density at radius 1 is 0.980 bits per heavy atom. The van der Waals surface area contributed by atoms with E-state index < -0.39 is 53.4 Å². The molecular formula is C39H54ClN3O8. The maximum atomic E-state index is 13.8. The lowest BCUT2D eigenvalue weighted by molar-refractivity contribution is -0.156. The number of aliphatic carboxylic acids is 1. The minimum Gasteiger partial charge on any atom is -0.495 e. The van der Waals surface area contributed by atoms with Crippen LogP contribution in [0.3, 0.4) is 0 Å². The molecule has 0 aliphatic carbocycles. The number of ether oxygens (including phenoxy) is 2. The van der Waals surface area contributed by atoms with Gasteiger partial charge in [-0.15, -0.1) is 0 Å². The molecule has 0 heterocycles. The van der Waals surface area contributed by atoms with Crippen LogP contribution in [0.5, 0.6) is 5.75 Å². The number of hydrogen-bond donors (Lipinski definition) is 5. The van der Waals surface area contributed by atoms with Gasteiger partial charge in [-0.3, -0.25) is 9.59 Å². The molecule has 0 aromatic heterocycles. The van der Waals surface area contributed by atoms with Crippen LogP contribution >= 0.6 is 11.6 Å². The Morgan fingerprint density at radius 3 is 2.16 bits per heavy atom. The quantitative estimate of drug-likeness (QED) is 0.0987. The number of hydrogen-bond acceptors (Lipinski definition) is 8. The lowest BCUT2D eigenvalue weighted by atomic mass is 9.82. The SMILES string of the molecule is COc1ccc(CC(N)C(=O)NC(C)C(C)(C)C(=O)NC(CC(C)(C)C)C(=O)OC(C/C=C/C(=O)O)C(C)/C=C/c2ccc(CO)cc2)cc1Cl. The van der Waals surface area contributed by atoms with Crippen molar-refractivity contribution in [3.05, 3.63) is 82.4 Å². The Hall–Kier alpha value is -4.19. The summed E-state index contributed by atoms with van der Waals surface area (Å²) in [6.45, 7) is 12.6. The van der Waals surface area contributed by atoms with Crippen molar-refractivity contribution < 1.29 is 38.9 Å². The van der Waals surface area contributed by atoms with Gasteiger partial charge in [0, 0.05) is 24.5 Å². The predicted octanol–water partition coefficient (Wildman–Crippen LogP) is 5.45. The van der Waals surface area contributed by atoms with Gasteiger partial charge in [0.05, 0.1) is 30.2 Å². The van der Waals surface area contributed by atoms with E-state index in [1.54, 1.807) is 51.1 Å². The molecule has 2 aromatic carbocycles. The zero-order chi connectivity index (χ0) is 38.5. The molecule has 0 aliphatic heterocycles. The Morgan fingerprint density at radius 2 is 1.61 bits per heavy atom. The first-order valence-corrected chi connectivity index (χ1v) is 17.3. The third-order valence-electron chi connectivity index (χ3n) is 8.68. The topological polar surface area (TPSA) is 177 Å². The van der Waals surface area contributed by atoms with Gasteiger partial charge in [0.25, 0.3) is 0 Å². The van der Waals surface area contributed by atoms with E-state index in [0.717, 1.165) is 22.8 Å². The highest BCUT2D eigenvalue weighted by atomic mass is 35.5. The molecule has 2 rings (SSSR count). The van der Waals surface area contributed by atoms with Crippen molar-refractivity contribution in [2.75, 3.05) is 7.11 Å². The van der Waals surface area contributed by atoms with Crippen LogP contribution in [0.15, 0.2) is 60.7 Å². The van der Waals surface area contributed by atoms with E-state index >= 15 is 0 Å². The number of amides is 2. The minimum absolute atomic E-state index is 0.0685. The Labute approximate surface area is 306 Å². The first kappa shape index (κ1) is 43.0. The van der Waals surface area contributed by atoms with E-state index in [4.69, 9.17) is 31.9 Å². The van der Waals surface area contributed by atoms with Gasteiger partial charge < -0.3 is 36.1 Å². The summed E-state index contributed by atoms with van der Waals surface area (Å²) in [5, 5.41) is 24.6. The average molecular weight is 728 g/mol. The maximum absolute atomic E-state index is 13.8. The Bertz CT molecular complexity index is 1550. The molecule has 0 fully saturated rings. The fourth-order valence-corrected chi connectivity index (χ4v) is 5.34. The third kappa shape index (κ3) is 14.2. The standard InChI is InChI=1S/C39H54ClN3O8/c1-24(12-13-26-14-16-27(23-44)17-15-26)32(10-9-11-34(45)46)51-36(48)31(22-38(3,4)5)43-37(49)39(6,7)25(2)42-35(47)30(41)21-28-18-19-33(50-8)29(40)20-28/h9,11-20,24-25,30-32,44H,10,21-23,41H2,1-8H3,(H,42,47)(H,43,49)(H,45,46)/b11-9+,13-12+. The van der Waals surface area contributed by atoms with Crippen LogP contribution in [-0.2, 0) is 36.9 Å². The minimum atomic E-state index is -1.17. The normalized spacial score (nSPS) is 15.1. The molecular weight excluding hydrogens is 674 g/mol. The molecule has 2 amide bonds. The lowest BCUT2D eigenvalue weighted by Gasteiger charge is -2.35. The zero-order valence-corrected chi connectivity index (χ0v) is 31.6. The number of carbonyl (C=O) groups is 4. The smallest absolute Gasteiger partial charge is 0.328 e. The highest BCUT2D eigenvalue weighted by Gasteiger charge is 2.39. The highest BCUT2D eigenvalue weighted by Crippen LogP contribution is 2.28. The number of nitrogens with two attached hydrogens (primary N) is 1. The lowest BCUT2D eigenvalue weighted by Crippen LogP contribution is -2.57. The van der Waals surface area contributed by atoms with Gasteiger partial charge in [-0.1, -0.05) is 87.9 Å². The molecule has 51 heavy (non-hydrogen) atoms. The van der Waals surface area contributed by atoms with Crippen LogP contribution in [0, 0.1) is 16.7 Å². The number of carboxylic acids is 1. The van der Waals surface area contributed by atoms with Crippen molar-refractivity contribution >= 4 is 41.4 Å². The van der Waals surface area contributed by atoms with E-state index in [1.165, 1.54) is 13.2 Å². The summed E-state index contributed by atoms with van der Waals surface area (Å²) < 4.78 is 11.2. The number of aliphatic hydroxyl groups excluding tert-OH is 1. The second-order valence-corrected chi connectivity index (χ2v) is 15.0. The van der Waals surface area contributed by atoms with Gasteiger partial charge >= 0.3 is 11.9 Å². The van der Waals surface area contributed by atoms with Crippen LogP contribution in [0.1, 0.15) is 78.0 Å². The van der Waals surface area contributed by atoms with Crippen molar-refractivity contribution in [2.45, 2.75) is 98.6 Å². The number of rotatable bonds is 18. The zero-order valence-electron chi connectivity index (χ0n) is 30.9. The molecule has 0 bridgehead atoms. The van der Waals surface area contributed by atoms with Crippen molar-refractivity contribution in [2.24, 2.45) is 22.5 Å². The van der Waals surface area contributed by atoms with Crippen molar-refractivity contribution in [1.29, 1.82) is 0 Å². The molecule has 5 unspecified atom stereocenters. The van der Waals surface area contributed by atoms with E-state index in [1.807, 2.05) is 52.0 Å². The number of methoxy groups -OCH3 is 1. The molecule has 11 nitrogen and oxygen atoms in total. The first-order chi connectivity index (χ1) is 23.8. The first-order valence-electron chi connectivity index (χ1n) is 16.9. The van der Waals surface area contributed by atoms with E-state index in [0.29, 0.717) is 10.8 Å². The summed E-state index contributed by atoms with van der Waals surface area (Å²) in [7, 11) is 1.51. The fourth-order valence-electron chi connectivity index (χ4n) is 5.06. The van der Waals surface area contributed by atoms with E-state index in [-0.39, 0.29) is 37.2 Å². The van der Waals surface area contributed by atoms with Crippen molar-refractivity contribution in [3.63, 3.8) is 0 Å². The molecule has 0 saturated heterocycles. The van der Waals surface area contributed by atoms with Crippen LogP contribution in [0.4, 0.5) is 0 Å². The molecule has 0 radical (unpaired) electrons. The average Bonchev–Trinajstić information content (AvgIpc) is 3.05. The Balaban J connectivity index is 2.20. The van der Waals surface area contributed by atoms with Crippen LogP contribution in [-0.4, -0.2) is 65.3 Å². The van der Waals surface area contributed by atoms with Crippen LogP contribution < -0.4 is 21.1 Å². The van der Waals surface area contributed by atoms with Crippen molar-refractivity contribution in [3.8, 4) is 5.75 Å². The second kappa shape index (κ2) is 19.4. The van der Waals surface area contributed by atoms with Gasteiger partial charge in [-0.05, 0) is 67.9 Å². The van der Waals surface area contributed by atoms with E-state index in [2.05, 4.69) is 10.6 Å². The maximum Gasteiger partial charge on any atom is 0.328 e. The fraction of sp³-hybridized carbons (Fsp3) is 0.487. The summed E-state index contributed by atoms with van der Waals surface area (Å²) in [5.41, 5.74) is 7.06. The van der Waals surface area contributed by atoms with Gasteiger partial charge in [-0.25, -0.2) is 9.59 Å². The third-order valence-corrected chi connectivity index (χ3v) is 8.97. The number of benzene rings is 2. The molecule has 6 N–H and O–H groups in total. The van der Waals surface area contributed by atoms with Gasteiger partial charge in [0.15, 0.2) is 0 Å².